The average molecular weight is 965 g/mol. The van der Waals surface area contributed by atoms with Crippen molar-refractivity contribution in [3.63, 3.8) is 0 Å². The summed E-state index contributed by atoms with van der Waals surface area (Å²) in [6.07, 6.45) is -4.98. The van der Waals surface area contributed by atoms with E-state index in [1.54, 1.807) is 13.8 Å². The molecular formula is C31H61B5FNO20P4-4. The van der Waals surface area contributed by atoms with Crippen LogP contribution in [0.15, 0.2) is 0 Å². The molecule has 0 spiro atoms. The maximum absolute atomic E-state index is 13.4. The molecule has 356 valence electrons. The molecule has 4 fully saturated rings. The van der Waals surface area contributed by atoms with Crippen LogP contribution in [0.3, 0.4) is 0 Å². The van der Waals surface area contributed by atoms with Gasteiger partial charge in [0, 0.05) is 86.3 Å². The Morgan fingerprint density at radius 3 is 1.61 bits per heavy atom. The third kappa shape index (κ3) is 24.5. The molecular weight excluding hydrogens is 903 g/mol. The highest BCUT2D eigenvalue weighted by Gasteiger charge is 2.46. The zero-order valence-corrected chi connectivity index (χ0v) is 39.2. The number of ether oxygens (including phenoxy) is 9. The van der Waals surface area contributed by atoms with Crippen LogP contribution in [-0.4, -0.2) is 224 Å². The summed E-state index contributed by atoms with van der Waals surface area (Å²) in [5.74, 6) is 0. The number of halogens is 1. The number of aliphatic hydroxyl groups is 1. The van der Waals surface area contributed by atoms with Gasteiger partial charge in [0.1, 0.15) is 89.4 Å². The van der Waals surface area contributed by atoms with E-state index in [1.807, 2.05) is 0 Å². The van der Waals surface area contributed by atoms with E-state index < -0.39 is 84.7 Å². The normalized spacial score (nSPS) is 36.9. The van der Waals surface area contributed by atoms with Crippen molar-refractivity contribution in [3.8, 4) is 0 Å². The summed E-state index contributed by atoms with van der Waals surface area (Å²) in [4.78, 5) is 33.2. The first-order chi connectivity index (χ1) is 28.6. The van der Waals surface area contributed by atoms with E-state index in [0.717, 1.165) is 20.0 Å². The van der Waals surface area contributed by atoms with E-state index in [4.69, 9.17) is 88.2 Å². The SMILES string of the molecule is [B][C@@H]1O[C@H](COC)C(OP(C)(=O)[O-])[C@@H]1OCCCO.[B][C@@H]1O[C@H](COC)C(OP(C)(=O)[O-])[C@H]1F.[B][C@H]1CC(NP(C)(=O)[O-])[C@@H](COC)O1.[B][C@H]1CC(OP([BH3-])(C)=O)[C@@H](COC)O1. The minimum absolute atomic E-state index is 0.0241. The largest absolute Gasteiger partial charge is 0.788 e. The van der Waals surface area contributed by atoms with Crippen LogP contribution in [0, 0.1) is 0 Å². The fraction of sp³-hybridized carbons (Fsp3) is 1.00. The van der Waals surface area contributed by atoms with Gasteiger partial charge in [-0.2, -0.15) is 0 Å². The van der Waals surface area contributed by atoms with Gasteiger partial charge in [0.2, 0.25) is 0 Å². The van der Waals surface area contributed by atoms with Crippen molar-refractivity contribution in [3.05, 3.63) is 0 Å². The second-order valence-electron chi connectivity index (χ2n) is 14.2. The Kier molecular flexibility index (Phi) is 28.0. The maximum atomic E-state index is 13.4. The third-order valence-corrected chi connectivity index (χ3v) is 11.1. The quantitative estimate of drug-likeness (QED) is 0.0692. The molecule has 0 aromatic rings. The van der Waals surface area contributed by atoms with E-state index >= 15 is 0 Å². The first-order valence-electron chi connectivity index (χ1n) is 18.8. The predicted molar refractivity (Wildman–Crippen MR) is 226 cm³/mol. The number of aliphatic hydroxyl groups excluding tert-OH is 1. The summed E-state index contributed by atoms with van der Waals surface area (Å²) in [5, 5.41) is 11.2. The topological polar surface area (TPSA) is 280 Å². The molecule has 0 aliphatic carbocycles. The summed E-state index contributed by atoms with van der Waals surface area (Å²) in [5.41, 5.74) is 0. The standard InChI is InChI=1S/C10H20BO7P.C7H16B2O4P.C7H13BFO5P.C7H15BNO4P/c1-15-6-7-8(18-19(2,13)14)9(10(11)17-7)16-5-3-4-12;1-11-4-6-5(3-7(8)12-6)13-14(2,9)10;1-12-3-4-6(14-15(2,10)11)5(9)7(8)13-4;1-12-4-6-5(3-7(8)13-6)9-14(2,10)11/h7-10,12H,3-6H2,1-2H3,(H,13,14);5-7H,3-4H2,1-2,9H3;4-7H,3H2,1-2H3,(H,10,11);5-7H,3-4H2,1-2H3,(H2,9,10,11)/q;-1;;/p-3/t7-,8?,9+,10-;5?,6-,7-,14?;4-,5-,6?,7-;5?,6-,7-/m1111/s1. The van der Waals surface area contributed by atoms with Crippen molar-refractivity contribution in [2.24, 2.45) is 0 Å². The van der Waals surface area contributed by atoms with Crippen molar-refractivity contribution in [2.45, 2.75) is 104 Å². The van der Waals surface area contributed by atoms with Crippen molar-refractivity contribution >= 4 is 68.9 Å². The molecule has 62 heavy (non-hydrogen) atoms. The molecule has 18 atom stereocenters. The second kappa shape index (κ2) is 28.7. The van der Waals surface area contributed by atoms with Gasteiger partial charge in [-0.1, -0.05) is 0 Å². The molecule has 4 rings (SSSR count). The number of alkyl halides is 1. The summed E-state index contributed by atoms with van der Waals surface area (Å²) in [7, 11) is 14.2. The molecule has 2 N–H and O–H groups in total. The summed E-state index contributed by atoms with van der Waals surface area (Å²) < 4.78 is 119. The van der Waals surface area contributed by atoms with Gasteiger partial charge in [-0.15, -0.1) is 0 Å². The molecule has 4 aliphatic heterocycles. The molecule has 4 saturated heterocycles. The summed E-state index contributed by atoms with van der Waals surface area (Å²) in [6.45, 7) is 5.86. The molecule has 0 aromatic carbocycles. The van der Waals surface area contributed by atoms with Crippen LogP contribution < -0.4 is 19.8 Å². The highest BCUT2D eigenvalue weighted by atomic mass is 31.2. The zero-order chi connectivity index (χ0) is 47.6. The highest BCUT2D eigenvalue weighted by molar-refractivity contribution is 7.82. The van der Waals surface area contributed by atoms with E-state index in [1.165, 1.54) is 21.3 Å². The van der Waals surface area contributed by atoms with Gasteiger partial charge >= 0.3 is 0 Å². The molecule has 0 aromatic heterocycles. The Hall–Kier alpha value is 0.495. The molecule has 8 radical (unpaired) electrons. The van der Waals surface area contributed by atoms with Gasteiger partial charge in [0.15, 0.2) is 0 Å². The summed E-state index contributed by atoms with van der Waals surface area (Å²) >= 11 is 0. The van der Waals surface area contributed by atoms with Gasteiger partial charge in [0.05, 0.1) is 59.7 Å². The molecule has 21 nitrogen and oxygen atoms in total. The average Bonchev–Trinajstić information content (AvgIpc) is 3.80. The third-order valence-electron chi connectivity index (χ3n) is 8.43. The lowest BCUT2D eigenvalue weighted by Gasteiger charge is -2.29. The van der Waals surface area contributed by atoms with Gasteiger partial charge in [-0.05, 0) is 32.6 Å². The highest BCUT2D eigenvalue weighted by Crippen LogP contribution is 2.42. The van der Waals surface area contributed by atoms with Crippen molar-refractivity contribution in [2.75, 3.05) is 94.7 Å². The fourth-order valence-electron chi connectivity index (χ4n) is 6.16. The smallest absolute Gasteiger partial charge is 0.147 e. The van der Waals surface area contributed by atoms with Crippen LogP contribution in [0.4, 0.5) is 4.39 Å². The number of methoxy groups -OCH3 is 4. The van der Waals surface area contributed by atoms with Crippen molar-refractivity contribution < 1.29 is 98.6 Å². The van der Waals surface area contributed by atoms with Gasteiger partial charge in [-0.25, -0.2) is 4.39 Å². The Bertz CT molecular complexity index is 1410. The number of hydrogen-bond donors (Lipinski definition) is 2. The Morgan fingerprint density at radius 1 is 0.677 bits per heavy atom. The molecule has 0 saturated carbocycles. The van der Waals surface area contributed by atoms with E-state index in [0.29, 0.717) is 32.5 Å². The Labute approximate surface area is 370 Å². The molecule has 0 bridgehead atoms. The molecule has 0 amide bonds. The molecule has 4 heterocycles. The monoisotopic (exact) mass is 965 g/mol. The first-order valence-corrected chi connectivity index (χ1v) is 26.5. The fourth-order valence-corrected chi connectivity index (χ4v) is 9.03. The number of nitrogens with one attached hydrogen (secondary N) is 1. The molecule has 31 heteroatoms. The lowest BCUT2D eigenvalue weighted by molar-refractivity contribution is -0.206. The van der Waals surface area contributed by atoms with E-state index in [2.05, 4.69) is 9.61 Å². The van der Waals surface area contributed by atoms with Crippen LogP contribution in [0.1, 0.15) is 19.3 Å². The first kappa shape index (κ1) is 60.5. The second-order valence-corrected chi connectivity index (χ2v) is 20.7. The zero-order valence-electron chi connectivity index (χ0n) is 35.6. The van der Waals surface area contributed by atoms with Crippen LogP contribution in [0.5, 0.6) is 0 Å². The van der Waals surface area contributed by atoms with Crippen LogP contribution in [-0.2, 0) is 74.5 Å². The van der Waals surface area contributed by atoms with Gasteiger partial charge in [0.25, 0.3) is 0 Å². The van der Waals surface area contributed by atoms with Crippen LogP contribution in [0.25, 0.3) is 0 Å². The van der Waals surface area contributed by atoms with E-state index in [-0.39, 0.29) is 64.4 Å². The maximum Gasteiger partial charge on any atom is 0.147 e. The lowest BCUT2D eigenvalue weighted by atomic mass is 9.93. The van der Waals surface area contributed by atoms with Crippen molar-refractivity contribution in [1.82, 2.24) is 5.09 Å². The minimum atomic E-state index is -4.02. The molecule has 8 unspecified atom stereocenters. The van der Waals surface area contributed by atoms with Gasteiger partial charge in [-0.3, -0.25) is 5.09 Å². The van der Waals surface area contributed by atoms with Crippen LogP contribution >= 0.6 is 30.0 Å². The lowest BCUT2D eigenvalue weighted by Crippen LogP contribution is -2.39. The van der Waals surface area contributed by atoms with Crippen molar-refractivity contribution in [1.29, 1.82) is 0 Å². The molecule has 4 aliphatic rings. The van der Waals surface area contributed by atoms with Gasteiger partial charge < -0.3 is 94.2 Å². The van der Waals surface area contributed by atoms with Crippen LogP contribution in [0.2, 0.25) is 0 Å². The number of hydrogen-bond acceptors (Lipinski definition) is 20. The minimum Gasteiger partial charge on any atom is -0.788 e. The van der Waals surface area contributed by atoms with E-state index in [9.17, 15) is 37.3 Å². The Balaban J connectivity index is 0.000000417. The Morgan fingerprint density at radius 2 is 1.13 bits per heavy atom. The predicted octanol–water partition coefficient (Wildman–Crippen LogP) is -3.16. The summed E-state index contributed by atoms with van der Waals surface area (Å²) in [6, 6.07) is -2.98. The number of rotatable bonds is 20.